The summed E-state index contributed by atoms with van der Waals surface area (Å²) in [6.45, 7) is 5.98. The van der Waals surface area contributed by atoms with Crippen molar-refractivity contribution in [1.29, 1.82) is 0 Å². The molecule has 2 aliphatic heterocycles. The van der Waals surface area contributed by atoms with Crippen LogP contribution >= 0.6 is 11.8 Å². The number of hydrogen-bond donors (Lipinski definition) is 3. The van der Waals surface area contributed by atoms with Crippen LogP contribution in [0, 0.1) is 6.92 Å². The summed E-state index contributed by atoms with van der Waals surface area (Å²) in [6, 6.07) is 0.476. The number of aromatic amines is 1. The first-order chi connectivity index (χ1) is 13.1. The maximum Gasteiger partial charge on any atom is 0.259 e. The zero-order chi connectivity index (χ0) is 18.8. The molecule has 0 spiro atoms. The Hall–Kier alpha value is -2.06. The Balaban J connectivity index is 1.52. The van der Waals surface area contributed by atoms with Gasteiger partial charge in [0.2, 0.25) is 0 Å². The number of fused-ring (bicyclic) bond motifs is 1. The number of H-pyrrole nitrogens is 1. The molecule has 144 valence electrons. The standard InChI is InChI=1S/C19H26N6OS/c1-12-9-21-17-16(12)18(23-11-22-17)25-7-8-27-15(10-25)19(26)24-13(2)14-5-3-4-6-20-14/h9-11,13-14,20H,3-8H2,1-2H3,(H,24,26)(H,21,22,23)/t13?,14-/m0/s1. The normalized spacial score (nSPS) is 21.8. The first-order valence-electron chi connectivity index (χ1n) is 9.57. The lowest BCUT2D eigenvalue weighted by molar-refractivity contribution is -0.117. The van der Waals surface area contributed by atoms with Crippen LogP contribution in [0.15, 0.2) is 23.6 Å². The summed E-state index contributed by atoms with van der Waals surface area (Å²) in [5, 5.41) is 7.71. The largest absolute Gasteiger partial charge is 0.348 e. The third-order valence-corrected chi connectivity index (χ3v) is 6.30. The second kappa shape index (κ2) is 7.90. The van der Waals surface area contributed by atoms with Crippen LogP contribution in [-0.2, 0) is 4.79 Å². The average Bonchev–Trinajstić information content (AvgIpc) is 3.10. The van der Waals surface area contributed by atoms with E-state index in [9.17, 15) is 4.79 Å². The number of nitrogens with zero attached hydrogens (tertiary/aromatic N) is 3. The van der Waals surface area contributed by atoms with Gasteiger partial charge in [0.1, 0.15) is 17.8 Å². The summed E-state index contributed by atoms with van der Waals surface area (Å²) in [6.07, 6.45) is 9.00. The van der Waals surface area contributed by atoms with Crippen LogP contribution in [0.5, 0.6) is 0 Å². The molecule has 1 fully saturated rings. The Kier molecular flexibility index (Phi) is 5.36. The van der Waals surface area contributed by atoms with Gasteiger partial charge in [0, 0.05) is 36.8 Å². The SMILES string of the molecule is Cc1c[nH]c2ncnc(N3C=C(C(=O)NC(C)[C@@H]4CCCCN4)SCC3)c12. The molecule has 0 saturated carbocycles. The van der Waals surface area contributed by atoms with E-state index in [1.807, 2.05) is 19.3 Å². The van der Waals surface area contributed by atoms with Gasteiger partial charge in [-0.15, -0.1) is 11.8 Å². The van der Waals surface area contributed by atoms with Crippen molar-refractivity contribution in [1.82, 2.24) is 25.6 Å². The Morgan fingerprint density at radius 1 is 1.41 bits per heavy atom. The molecule has 1 saturated heterocycles. The highest BCUT2D eigenvalue weighted by molar-refractivity contribution is 8.04. The van der Waals surface area contributed by atoms with Gasteiger partial charge in [-0.3, -0.25) is 4.79 Å². The summed E-state index contributed by atoms with van der Waals surface area (Å²) in [4.78, 5) is 27.6. The van der Waals surface area contributed by atoms with E-state index in [4.69, 9.17) is 0 Å². The molecule has 2 aromatic heterocycles. The zero-order valence-electron chi connectivity index (χ0n) is 15.8. The highest BCUT2D eigenvalue weighted by Gasteiger charge is 2.25. The van der Waals surface area contributed by atoms with E-state index in [0.717, 1.165) is 52.6 Å². The monoisotopic (exact) mass is 386 g/mol. The number of carbonyl (C=O) groups excluding carboxylic acids is 1. The van der Waals surface area contributed by atoms with Gasteiger partial charge in [-0.2, -0.15) is 0 Å². The van der Waals surface area contributed by atoms with Gasteiger partial charge in [0.05, 0.1) is 10.3 Å². The first-order valence-corrected chi connectivity index (χ1v) is 10.6. The minimum absolute atomic E-state index is 0.000615. The van der Waals surface area contributed by atoms with E-state index in [2.05, 4.69) is 37.4 Å². The smallest absolute Gasteiger partial charge is 0.259 e. The van der Waals surface area contributed by atoms with E-state index in [1.54, 1.807) is 18.1 Å². The van der Waals surface area contributed by atoms with Crippen LogP contribution in [0.25, 0.3) is 11.0 Å². The molecule has 27 heavy (non-hydrogen) atoms. The third kappa shape index (κ3) is 3.82. The number of rotatable bonds is 4. The number of carbonyl (C=O) groups is 1. The number of aryl methyl sites for hydroxylation is 1. The highest BCUT2D eigenvalue weighted by atomic mass is 32.2. The minimum atomic E-state index is 0.000615. The molecule has 0 aromatic carbocycles. The number of aromatic nitrogens is 3. The van der Waals surface area contributed by atoms with Crippen molar-refractivity contribution in [3.05, 3.63) is 29.2 Å². The van der Waals surface area contributed by atoms with Crippen molar-refractivity contribution in [2.45, 2.75) is 45.2 Å². The van der Waals surface area contributed by atoms with E-state index < -0.39 is 0 Å². The van der Waals surface area contributed by atoms with Crippen molar-refractivity contribution < 1.29 is 4.79 Å². The molecule has 4 heterocycles. The van der Waals surface area contributed by atoms with Gasteiger partial charge in [-0.25, -0.2) is 9.97 Å². The Bertz CT molecular complexity index is 857. The zero-order valence-corrected chi connectivity index (χ0v) is 16.6. The fraction of sp³-hybridized carbons (Fsp3) is 0.526. The number of piperidine rings is 1. The van der Waals surface area contributed by atoms with E-state index in [1.165, 1.54) is 12.8 Å². The lowest BCUT2D eigenvalue weighted by Gasteiger charge is -2.31. The van der Waals surface area contributed by atoms with Crippen LogP contribution < -0.4 is 15.5 Å². The highest BCUT2D eigenvalue weighted by Crippen LogP contribution is 2.30. The number of anilines is 1. The fourth-order valence-corrected chi connectivity index (χ4v) is 4.69. The molecule has 4 rings (SSSR count). The third-order valence-electron chi connectivity index (χ3n) is 5.32. The molecule has 1 amide bonds. The quantitative estimate of drug-likeness (QED) is 0.748. The Morgan fingerprint density at radius 2 is 2.30 bits per heavy atom. The maximum atomic E-state index is 12.8. The van der Waals surface area contributed by atoms with Gasteiger partial charge in [0.25, 0.3) is 5.91 Å². The predicted octanol–water partition coefficient (Wildman–Crippen LogP) is 2.31. The van der Waals surface area contributed by atoms with Crippen LogP contribution in [-0.4, -0.2) is 51.8 Å². The van der Waals surface area contributed by atoms with Crippen molar-refractivity contribution in [3.63, 3.8) is 0 Å². The van der Waals surface area contributed by atoms with Gasteiger partial charge in [-0.1, -0.05) is 6.42 Å². The molecule has 8 heteroatoms. The number of nitrogens with one attached hydrogen (secondary N) is 3. The average molecular weight is 387 g/mol. The number of thioether (sulfide) groups is 1. The number of amides is 1. The molecule has 3 N–H and O–H groups in total. The van der Waals surface area contributed by atoms with Crippen LogP contribution in [0.2, 0.25) is 0 Å². The molecular formula is C19H26N6OS. The predicted molar refractivity (Wildman–Crippen MR) is 110 cm³/mol. The second-order valence-corrected chi connectivity index (χ2v) is 8.38. The van der Waals surface area contributed by atoms with E-state index in [-0.39, 0.29) is 11.9 Å². The molecule has 2 aliphatic rings. The van der Waals surface area contributed by atoms with Gasteiger partial charge >= 0.3 is 0 Å². The van der Waals surface area contributed by atoms with Crippen LogP contribution in [0.4, 0.5) is 5.82 Å². The van der Waals surface area contributed by atoms with Gasteiger partial charge in [0.15, 0.2) is 0 Å². The van der Waals surface area contributed by atoms with Crippen LogP contribution in [0.3, 0.4) is 0 Å². The van der Waals surface area contributed by atoms with Crippen molar-refractivity contribution in [2.75, 3.05) is 23.7 Å². The summed E-state index contributed by atoms with van der Waals surface area (Å²) in [5.41, 5.74) is 1.93. The summed E-state index contributed by atoms with van der Waals surface area (Å²) < 4.78 is 0. The Labute approximate surface area is 163 Å². The molecular weight excluding hydrogens is 360 g/mol. The van der Waals surface area contributed by atoms with Crippen molar-refractivity contribution >= 4 is 34.5 Å². The molecule has 0 radical (unpaired) electrons. The fourth-order valence-electron chi connectivity index (χ4n) is 3.79. The number of hydrogen-bond acceptors (Lipinski definition) is 6. The van der Waals surface area contributed by atoms with Crippen LogP contribution in [0.1, 0.15) is 31.7 Å². The maximum absolute atomic E-state index is 12.8. The van der Waals surface area contributed by atoms with Gasteiger partial charge < -0.3 is 20.5 Å². The van der Waals surface area contributed by atoms with E-state index >= 15 is 0 Å². The second-order valence-electron chi connectivity index (χ2n) is 7.25. The topological polar surface area (TPSA) is 85.9 Å². The van der Waals surface area contributed by atoms with Crippen molar-refractivity contribution in [3.8, 4) is 0 Å². The molecule has 2 atom stereocenters. The molecule has 0 bridgehead atoms. The molecule has 2 aromatic rings. The lowest BCUT2D eigenvalue weighted by atomic mass is 9.99. The first kappa shape index (κ1) is 18.3. The summed E-state index contributed by atoms with van der Waals surface area (Å²) >= 11 is 1.61. The molecule has 7 nitrogen and oxygen atoms in total. The molecule has 1 unspecified atom stereocenters. The van der Waals surface area contributed by atoms with E-state index in [0.29, 0.717) is 6.04 Å². The minimum Gasteiger partial charge on any atom is -0.348 e. The molecule has 0 aliphatic carbocycles. The summed E-state index contributed by atoms with van der Waals surface area (Å²) in [5.74, 6) is 1.71. The summed E-state index contributed by atoms with van der Waals surface area (Å²) in [7, 11) is 0. The lowest BCUT2D eigenvalue weighted by Crippen LogP contribution is -2.50. The van der Waals surface area contributed by atoms with Crippen molar-refractivity contribution in [2.24, 2.45) is 0 Å². The Morgan fingerprint density at radius 3 is 3.11 bits per heavy atom. The van der Waals surface area contributed by atoms with Gasteiger partial charge in [-0.05, 0) is 38.8 Å².